The van der Waals surface area contributed by atoms with E-state index in [9.17, 15) is 19.5 Å². The molecule has 1 saturated heterocycles. The number of H-pyrrole nitrogens is 1. The molecular weight excluding hydrogens is 732 g/mol. The van der Waals surface area contributed by atoms with Crippen molar-refractivity contribution in [1.29, 1.82) is 0 Å². The molecule has 0 bridgehead atoms. The number of imidazole rings is 1. The molecule has 0 radical (unpaired) electrons. The molecule has 5 atom stereocenters. The molecule has 8 rings (SSSR count). The van der Waals surface area contributed by atoms with E-state index in [-0.39, 0.29) is 41.3 Å². The Morgan fingerprint density at radius 2 is 1.40 bits per heavy atom. The molecule has 15 heteroatoms. The molecule has 2 amide bonds. The number of amides is 2. The van der Waals surface area contributed by atoms with Crippen molar-refractivity contribution in [2.75, 3.05) is 26.6 Å². The monoisotopic (exact) mass is 772 g/mol. The van der Waals surface area contributed by atoms with Gasteiger partial charge >= 0.3 is 0 Å². The van der Waals surface area contributed by atoms with E-state index in [1.165, 1.54) is 10.9 Å². The number of nitrogens with zero attached hydrogens (tertiary/aromatic N) is 4. The van der Waals surface area contributed by atoms with Gasteiger partial charge in [0.25, 0.3) is 17.4 Å². The predicted molar refractivity (Wildman–Crippen MR) is 207 cm³/mol. The second kappa shape index (κ2) is 15.3. The third kappa shape index (κ3) is 6.49. The van der Waals surface area contributed by atoms with Crippen LogP contribution < -0.4 is 20.8 Å². The van der Waals surface area contributed by atoms with Crippen LogP contribution in [-0.4, -0.2) is 86.7 Å². The number of fused-ring (bicyclic) bond motifs is 2. The van der Waals surface area contributed by atoms with E-state index in [0.29, 0.717) is 11.5 Å². The summed E-state index contributed by atoms with van der Waals surface area (Å²) in [4.78, 5) is 52.1. The molecule has 57 heavy (non-hydrogen) atoms. The summed E-state index contributed by atoms with van der Waals surface area (Å²) in [5.74, 6) is 0.101. The first kappa shape index (κ1) is 37.5. The number of nitrogens with one attached hydrogen (secondary N) is 1. The minimum absolute atomic E-state index is 0.0183. The zero-order chi connectivity index (χ0) is 39.8. The number of hydrogen-bond acceptors (Lipinski definition) is 12. The number of carbonyl (C=O) groups is 2. The summed E-state index contributed by atoms with van der Waals surface area (Å²) in [7, 11) is 3.18. The number of aromatic amines is 1. The molecule has 6 aromatic rings. The quantitative estimate of drug-likeness (QED) is 0.111. The van der Waals surface area contributed by atoms with Crippen LogP contribution in [0.3, 0.4) is 0 Å². The van der Waals surface area contributed by atoms with E-state index >= 15 is 0 Å². The molecule has 0 spiro atoms. The molecule has 2 aromatic heterocycles. The number of aromatic nitrogens is 4. The van der Waals surface area contributed by atoms with Crippen LogP contribution in [0.1, 0.15) is 57.0 Å². The predicted octanol–water partition coefficient (Wildman–Crippen LogP) is 4.40. The van der Waals surface area contributed by atoms with Crippen LogP contribution in [0.2, 0.25) is 0 Å². The number of aliphatic hydroxyl groups excluding tert-OH is 1. The van der Waals surface area contributed by atoms with Gasteiger partial charge in [0, 0.05) is 0 Å². The van der Waals surface area contributed by atoms with Gasteiger partial charge in [0.05, 0.1) is 38.3 Å². The van der Waals surface area contributed by atoms with Gasteiger partial charge in [-0.1, -0.05) is 73.7 Å². The fourth-order valence-electron chi connectivity index (χ4n) is 7.63. The van der Waals surface area contributed by atoms with Crippen LogP contribution in [0, 0.1) is 0 Å². The minimum Gasteiger partial charge on any atom is -0.497 e. The topological polar surface area (TPSA) is 193 Å². The van der Waals surface area contributed by atoms with Gasteiger partial charge in [-0.2, -0.15) is 4.98 Å². The number of ether oxygens (including phenoxy) is 5. The number of nitrogen functional groups attached to an aromatic ring is 1. The van der Waals surface area contributed by atoms with Gasteiger partial charge in [0.2, 0.25) is 5.95 Å². The summed E-state index contributed by atoms with van der Waals surface area (Å²) in [6.07, 6.45) is -4.47. The van der Waals surface area contributed by atoms with Crippen LogP contribution in [0.5, 0.6) is 11.5 Å². The molecule has 292 valence electrons. The summed E-state index contributed by atoms with van der Waals surface area (Å²) in [5.41, 5.74) is 6.99. The van der Waals surface area contributed by atoms with Gasteiger partial charge in [-0.15, -0.1) is 0 Å². The first-order valence-corrected chi connectivity index (χ1v) is 18.3. The lowest BCUT2D eigenvalue weighted by Crippen LogP contribution is -2.47. The highest BCUT2D eigenvalue weighted by Gasteiger charge is 2.51. The first-order chi connectivity index (χ1) is 27.7. The van der Waals surface area contributed by atoms with Crippen molar-refractivity contribution in [2.24, 2.45) is 0 Å². The highest BCUT2D eigenvalue weighted by Crippen LogP contribution is 2.44. The second-order valence-corrected chi connectivity index (χ2v) is 13.6. The summed E-state index contributed by atoms with van der Waals surface area (Å²) < 4.78 is 32.7. The Morgan fingerprint density at radius 3 is 1.96 bits per heavy atom. The third-order valence-corrected chi connectivity index (χ3v) is 10.5. The Morgan fingerprint density at radius 1 is 0.842 bits per heavy atom. The largest absolute Gasteiger partial charge is 0.497 e. The van der Waals surface area contributed by atoms with Gasteiger partial charge in [-0.05, 0) is 59.5 Å². The smallest absolute Gasteiger partial charge is 0.280 e. The Balaban J connectivity index is 1.20. The molecule has 4 N–H and O–H groups in total. The molecule has 4 heterocycles. The number of nitrogens with two attached hydrogens (primary N) is 1. The van der Waals surface area contributed by atoms with E-state index in [4.69, 9.17) is 29.4 Å². The number of benzene rings is 4. The maximum Gasteiger partial charge on any atom is 0.280 e. The Labute approximate surface area is 326 Å². The molecule has 2 aliphatic rings. The number of hydrogen-bond donors (Lipinski definition) is 3. The minimum atomic E-state index is -1.41. The van der Waals surface area contributed by atoms with E-state index in [1.54, 1.807) is 45.4 Å². The molecule has 0 saturated carbocycles. The highest BCUT2D eigenvalue weighted by atomic mass is 16.6. The number of carbonyl (C=O) groups excluding carboxylic acids is 2. The van der Waals surface area contributed by atoms with Crippen molar-refractivity contribution >= 4 is 28.9 Å². The Kier molecular flexibility index (Phi) is 10.1. The van der Waals surface area contributed by atoms with E-state index < -0.39 is 53.7 Å². The Hall–Kier alpha value is -6.39. The van der Waals surface area contributed by atoms with E-state index in [1.807, 2.05) is 78.9 Å². The van der Waals surface area contributed by atoms with Crippen molar-refractivity contribution in [3.63, 3.8) is 0 Å². The molecule has 1 unspecified atom stereocenters. The second-order valence-electron chi connectivity index (χ2n) is 13.6. The number of methoxy groups -OCH3 is 2. The maximum atomic E-state index is 13.6. The molecule has 0 aliphatic carbocycles. The van der Waals surface area contributed by atoms with Crippen molar-refractivity contribution in [3.8, 4) is 11.5 Å². The van der Waals surface area contributed by atoms with Gasteiger partial charge < -0.3 is 34.5 Å². The Bertz CT molecular complexity index is 2390. The standard InChI is InChI=1S/C42H40N6O9/c1-4-32(48-38(51)29-12-8-9-13-30(29)39(48)52)57-35-34(49)31(56-40(35)47-23-44-33-36(47)45-41(43)46-37(33)50)22-55-42(24-10-6-5-7-11-24,25-14-18-27(53-2)19-15-25)26-16-20-28(54-3)21-17-26/h5-21,23,31-32,34-35,40,49H,4,22H2,1-3H3,(H3,43,45,46,50)/t31-,32?,34-,35-,40-/m1/s1. The van der Waals surface area contributed by atoms with Crippen LogP contribution >= 0.6 is 0 Å². The number of imide groups is 1. The number of anilines is 1. The molecule has 15 nitrogen and oxygen atoms in total. The normalized spacial score (nSPS) is 19.9. The number of rotatable bonds is 13. The fraction of sp³-hybridized carbons (Fsp3) is 0.262. The average Bonchev–Trinajstić information content (AvgIpc) is 3.88. The fourth-order valence-corrected chi connectivity index (χ4v) is 7.63. The summed E-state index contributed by atoms with van der Waals surface area (Å²) >= 11 is 0. The third-order valence-electron chi connectivity index (χ3n) is 10.5. The van der Waals surface area contributed by atoms with E-state index in [2.05, 4.69) is 15.0 Å². The zero-order valence-corrected chi connectivity index (χ0v) is 31.3. The average molecular weight is 773 g/mol. The van der Waals surface area contributed by atoms with Crippen molar-refractivity contribution in [3.05, 3.63) is 148 Å². The van der Waals surface area contributed by atoms with Crippen LogP contribution in [0.15, 0.2) is 114 Å². The zero-order valence-electron chi connectivity index (χ0n) is 31.3. The summed E-state index contributed by atoms with van der Waals surface area (Å²) in [6.45, 7) is 1.56. The van der Waals surface area contributed by atoms with Gasteiger partial charge in [-0.3, -0.25) is 23.9 Å². The highest BCUT2D eigenvalue weighted by molar-refractivity contribution is 6.21. The summed E-state index contributed by atoms with van der Waals surface area (Å²) in [6, 6.07) is 31.2. The maximum absolute atomic E-state index is 13.6. The van der Waals surface area contributed by atoms with Crippen LogP contribution in [0.4, 0.5) is 5.95 Å². The SMILES string of the molecule is CCC(O[C@@H]1[C@H](O)[C@@H](COC(c2ccccc2)(c2ccc(OC)cc2)c2ccc(OC)cc2)O[C@H]1n1cnc2c(=O)[nH]c(N)nc21)N1C(=O)c2ccccc2C1=O. The van der Waals surface area contributed by atoms with Crippen molar-refractivity contribution in [1.82, 2.24) is 24.4 Å². The molecule has 2 aliphatic heterocycles. The molecule has 4 aromatic carbocycles. The van der Waals surface area contributed by atoms with Gasteiger partial charge in [0.1, 0.15) is 41.6 Å². The van der Waals surface area contributed by atoms with E-state index in [0.717, 1.165) is 21.6 Å². The van der Waals surface area contributed by atoms with Crippen LogP contribution in [-0.2, 0) is 19.8 Å². The van der Waals surface area contributed by atoms with Crippen LogP contribution in [0.25, 0.3) is 11.2 Å². The summed E-state index contributed by atoms with van der Waals surface area (Å²) in [5, 5.41) is 12.2. The lowest BCUT2D eigenvalue weighted by atomic mass is 9.80. The first-order valence-electron chi connectivity index (χ1n) is 18.3. The lowest BCUT2D eigenvalue weighted by Gasteiger charge is -2.37. The van der Waals surface area contributed by atoms with Crippen molar-refractivity contribution < 1.29 is 38.4 Å². The molecular formula is C42H40N6O9. The van der Waals surface area contributed by atoms with Gasteiger partial charge in [-0.25, -0.2) is 9.88 Å². The van der Waals surface area contributed by atoms with Gasteiger partial charge in [0.15, 0.2) is 17.4 Å². The number of aliphatic hydroxyl groups is 1. The van der Waals surface area contributed by atoms with Crippen molar-refractivity contribution in [2.45, 2.75) is 49.7 Å². The molecule has 1 fully saturated rings. The lowest BCUT2D eigenvalue weighted by molar-refractivity contribution is -0.132.